The van der Waals surface area contributed by atoms with E-state index in [1.165, 1.54) is 19.3 Å². The highest BCUT2D eigenvalue weighted by atomic mass is 16.5. The van der Waals surface area contributed by atoms with Gasteiger partial charge in [0.05, 0.1) is 12.0 Å². The summed E-state index contributed by atoms with van der Waals surface area (Å²) in [5.41, 5.74) is 8.70. The smallest absolute Gasteiger partial charge is 0.342 e. The number of benzene rings is 1. The standard InChI is InChI=1S/C21H19N3O4/c1-3-10-28-21(26)19-16(18-5-4-11-27-18)12-17(24-20(19)22)14-6-8-15(9-7-14)23-13(2)25/h3-9,11-12H,1,10H2,2H3,(H2,22,24)(H,23,25). The first-order valence-electron chi connectivity index (χ1n) is 8.50. The van der Waals surface area contributed by atoms with Crippen LogP contribution in [0.3, 0.4) is 0 Å². The van der Waals surface area contributed by atoms with Crippen molar-refractivity contribution >= 4 is 23.4 Å². The van der Waals surface area contributed by atoms with E-state index < -0.39 is 5.97 Å². The summed E-state index contributed by atoms with van der Waals surface area (Å²) < 4.78 is 10.6. The molecule has 0 saturated heterocycles. The number of rotatable bonds is 6. The van der Waals surface area contributed by atoms with Crippen molar-refractivity contribution in [2.24, 2.45) is 0 Å². The summed E-state index contributed by atoms with van der Waals surface area (Å²) in [7, 11) is 0. The van der Waals surface area contributed by atoms with Gasteiger partial charge in [-0.05, 0) is 30.3 Å². The number of hydrogen-bond acceptors (Lipinski definition) is 6. The Morgan fingerprint density at radius 1 is 1.29 bits per heavy atom. The molecule has 28 heavy (non-hydrogen) atoms. The predicted molar refractivity (Wildman–Crippen MR) is 107 cm³/mol. The molecule has 142 valence electrons. The zero-order valence-corrected chi connectivity index (χ0v) is 15.3. The second-order valence-electron chi connectivity index (χ2n) is 5.94. The summed E-state index contributed by atoms with van der Waals surface area (Å²) in [6.07, 6.45) is 2.98. The number of aromatic nitrogens is 1. The molecule has 2 heterocycles. The topological polar surface area (TPSA) is 107 Å². The molecule has 3 N–H and O–H groups in total. The Balaban J connectivity index is 2.05. The van der Waals surface area contributed by atoms with Crippen molar-refractivity contribution in [1.82, 2.24) is 4.98 Å². The number of pyridine rings is 1. The molecule has 0 aliphatic rings. The van der Waals surface area contributed by atoms with Gasteiger partial charge in [-0.15, -0.1) is 0 Å². The quantitative estimate of drug-likeness (QED) is 0.498. The van der Waals surface area contributed by atoms with Gasteiger partial charge < -0.3 is 20.2 Å². The number of anilines is 2. The average Bonchev–Trinajstić information content (AvgIpc) is 3.20. The molecule has 7 nitrogen and oxygen atoms in total. The molecule has 0 saturated carbocycles. The van der Waals surface area contributed by atoms with Crippen LogP contribution in [-0.2, 0) is 9.53 Å². The van der Waals surface area contributed by atoms with Gasteiger partial charge in [-0.3, -0.25) is 4.79 Å². The summed E-state index contributed by atoms with van der Waals surface area (Å²) in [6.45, 7) is 5.03. The van der Waals surface area contributed by atoms with E-state index in [0.29, 0.717) is 22.7 Å². The Hall–Kier alpha value is -3.87. The Kier molecular flexibility index (Phi) is 5.55. The van der Waals surface area contributed by atoms with E-state index in [9.17, 15) is 9.59 Å². The van der Waals surface area contributed by atoms with Gasteiger partial charge in [0.15, 0.2) is 0 Å². The highest BCUT2D eigenvalue weighted by molar-refractivity contribution is 6.02. The molecule has 0 aliphatic carbocycles. The van der Waals surface area contributed by atoms with Crippen molar-refractivity contribution in [2.75, 3.05) is 17.7 Å². The average molecular weight is 377 g/mol. The molecule has 3 aromatic rings. The first kappa shape index (κ1) is 18.9. The van der Waals surface area contributed by atoms with Crippen LogP contribution >= 0.6 is 0 Å². The van der Waals surface area contributed by atoms with Gasteiger partial charge in [0.1, 0.15) is 23.7 Å². The number of carbonyl (C=O) groups is 2. The third-order valence-electron chi connectivity index (χ3n) is 3.87. The molecule has 0 bridgehead atoms. The fourth-order valence-corrected chi connectivity index (χ4v) is 2.69. The van der Waals surface area contributed by atoms with Crippen LogP contribution in [0.4, 0.5) is 11.5 Å². The van der Waals surface area contributed by atoms with E-state index >= 15 is 0 Å². The molecular weight excluding hydrogens is 358 g/mol. The Labute approximate surface area is 161 Å². The van der Waals surface area contributed by atoms with Crippen molar-refractivity contribution in [3.05, 3.63) is 66.9 Å². The van der Waals surface area contributed by atoms with Gasteiger partial charge in [-0.25, -0.2) is 9.78 Å². The molecule has 0 unspecified atom stereocenters. The van der Waals surface area contributed by atoms with Crippen molar-refractivity contribution in [1.29, 1.82) is 0 Å². The minimum Gasteiger partial charge on any atom is -0.464 e. The zero-order valence-electron chi connectivity index (χ0n) is 15.3. The Bertz CT molecular complexity index is 1010. The molecule has 3 rings (SSSR count). The van der Waals surface area contributed by atoms with Crippen molar-refractivity contribution in [3.8, 4) is 22.6 Å². The zero-order chi connectivity index (χ0) is 20.1. The van der Waals surface area contributed by atoms with Gasteiger partial charge in [0.25, 0.3) is 0 Å². The maximum atomic E-state index is 12.5. The molecule has 0 atom stereocenters. The Morgan fingerprint density at radius 2 is 2.04 bits per heavy atom. The van der Waals surface area contributed by atoms with Gasteiger partial charge in [0.2, 0.25) is 5.91 Å². The minimum absolute atomic E-state index is 0.0314. The highest BCUT2D eigenvalue weighted by Crippen LogP contribution is 2.32. The third-order valence-corrected chi connectivity index (χ3v) is 3.87. The summed E-state index contributed by atoms with van der Waals surface area (Å²) in [4.78, 5) is 28.0. The highest BCUT2D eigenvalue weighted by Gasteiger charge is 2.22. The van der Waals surface area contributed by atoms with E-state index in [1.54, 1.807) is 42.5 Å². The molecule has 1 aromatic carbocycles. The van der Waals surface area contributed by atoms with E-state index in [-0.39, 0.29) is 23.9 Å². The molecule has 1 amide bonds. The fourth-order valence-electron chi connectivity index (χ4n) is 2.69. The maximum Gasteiger partial charge on any atom is 0.342 e. The molecular formula is C21H19N3O4. The molecule has 0 spiro atoms. The number of carbonyl (C=O) groups excluding carboxylic acids is 2. The van der Waals surface area contributed by atoms with Gasteiger partial charge in [-0.2, -0.15) is 0 Å². The van der Waals surface area contributed by atoms with E-state index in [4.69, 9.17) is 14.9 Å². The summed E-state index contributed by atoms with van der Waals surface area (Å²) in [5, 5.41) is 2.70. The lowest BCUT2D eigenvalue weighted by molar-refractivity contribution is -0.114. The SMILES string of the molecule is C=CCOC(=O)c1c(-c2ccco2)cc(-c2ccc(NC(C)=O)cc2)nc1N. The number of esters is 1. The van der Waals surface area contributed by atoms with Crippen LogP contribution in [0.1, 0.15) is 17.3 Å². The van der Waals surface area contributed by atoms with Crippen LogP contribution < -0.4 is 11.1 Å². The number of amides is 1. The van der Waals surface area contributed by atoms with Crippen LogP contribution in [0.2, 0.25) is 0 Å². The lowest BCUT2D eigenvalue weighted by atomic mass is 10.0. The van der Waals surface area contributed by atoms with Crippen molar-refractivity contribution < 1.29 is 18.7 Å². The number of ether oxygens (including phenoxy) is 1. The lowest BCUT2D eigenvalue weighted by Crippen LogP contribution is -2.12. The molecule has 0 fully saturated rings. The van der Waals surface area contributed by atoms with Crippen LogP contribution in [0.5, 0.6) is 0 Å². The Morgan fingerprint density at radius 3 is 2.64 bits per heavy atom. The van der Waals surface area contributed by atoms with E-state index in [0.717, 1.165) is 5.56 Å². The monoisotopic (exact) mass is 377 g/mol. The van der Waals surface area contributed by atoms with Crippen LogP contribution in [0.25, 0.3) is 22.6 Å². The second-order valence-corrected chi connectivity index (χ2v) is 5.94. The summed E-state index contributed by atoms with van der Waals surface area (Å²) in [5.74, 6) is -0.263. The fraction of sp³-hybridized carbons (Fsp3) is 0.0952. The number of furan rings is 1. The van der Waals surface area contributed by atoms with Gasteiger partial charge in [0, 0.05) is 23.7 Å². The minimum atomic E-state index is -0.608. The van der Waals surface area contributed by atoms with Crippen LogP contribution in [0.15, 0.2) is 65.8 Å². The normalized spacial score (nSPS) is 10.3. The molecule has 0 radical (unpaired) electrons. The van der Waals surface area contributed by atoms with Crippen molar-refractivity contribution in [3.63, 3.8) is 0 Å². The summed E-state index contributed by atoms with van der Waals surface area (Å²) in [6, 6.07) is 12.3. The molecule has 7 heteroatoms. The largest absolute Gasteiger partial charge is 0.464 e. The lowest BCUT2D eigenvalue weighted by Gasteiger charge is -2.12. The number of nitrogens with zero attached hydrogens (tertiary/aromatic N) is 1. The first-order chi connectivity index (χ1) is 13.5. The van der Waals surface area contributed by atoms with Gasteiger partial charge in [-0.1, -0.05) is 24.8 Å². The number of hydrogen-bond donors (Lipinski definition) is 2. The third kappa shape index (κ3) is 4.09. The maximum absolute atomic E-state index is 12.5. The molecule has 0 aliphatic heterocycles. The first-order valence-corrected chi connectivity index (χ1v) is 8.50. The van der Waals surface area contributed by atoms with Crippen molar-refractivity contribution in [2.45, 2.75) is 6.92 Å². The summed E-state index contributed by atoms with van der Waals surface area (Å²) >= 11 is 0. The molecule has 2 aromatic heterocycles. The number of nitrogens with one attached hydrogen (secondary N) is 1. The number of nitrogen functional groups attached to an aromatic ring is 1. The predicted octanol–water partition coefficient (Wildman–Crippen LogP) is 3.89. The second kappa shape index (κ2) is 8.22. The number of nitrogens with two attached hydrogens (primary N) is 1. The van der Waals surface area contributed by atoms with E-state index in [2.05, 4.69) is 16.9 Å². The van der Waals surface area contributed by atoms with Crippen LogP contribution in [0, 0.1) is 0 Å². The van der Waals surface area contributed by atoms with Crippen LogP contribution in [-0.4, -0.2) is 23.5 Å². The van der Waals surface area contributed by atoms with Gasteiger partial charge >= 0.3 is 5.97 Å². The van der Waals surface area contributed by atoms with E-state index in [1.807, 2.05) is 0 Å².